The van der Waals surface area contributed by atoms with Gasteiger partial charge in [-0.05, 0) is 41.9 Å². The molecule has 0 aliphatic heterocycles. The van der Waals surface area contributed by atoms with Crippen molar-refractivity contribution in [2.45, 2.75) is 47.0 Å². The Bertz CT molecular complexity index is 180. The molecule has 70 valence electrons. The first-order chi connectivity index (χ1) is 5.57. The van der Waals surface area contributed by atoms with E-state index in [0.29, 0.717) is 5.41 Å². The molecule has 0 saturated heterocycles. The maximum Gasteiger partial charge on any atom is -0.0295 e. The van der Waals surface area contributed by atoms with Gasteiger partial charge in [0.25, 0.3) is 0 Å². The lowest BCUT2D eigenvalue weighted by molar-refractivity contribution is -0.129. The summed E-state index contributed by atoms with van der Waals surface area (Å²) in [4.78, 5) is 0. The Hall–Kier alpha value is 0. The van der Waals surface area contributed by atoms with Gasteiger partial charge in [-0.1, -0.05) is 34.1 Å². The molecule has 3 aliphatic rings. The molecule has 4 atom stereocenters. The van der Waals surface area contributed by atoms with Gasteiger partial charge in [-0.2, -0.15) is 0 Å². The van der Waals surface area contributed by atoms with Crippen LogP contribution >= 0.6 is 0 Å². The van der Waals surface area contributed by atoms with Crippen LogP contribution in [0.1, 0.15) is 47.0 Å². The van der Waals surface area contributed by atoms with Crippen molar-refractivity contribution in [1.82, 2.24) is 0 Å². The summed E-state index contributed by atoms with van der Waals surface area (Å²) >= 11 is 0. The molecule has 0 radical (unpaired) electrons. The Morgan fingerprint density at radius 3 is 2.33 bits per heavy atom. The first-order valence-electron chi connectivity index (χ1n) is 5.57. The van der Waals surface area contributed by atoms with E-state index in [1.807, 2.05) is 0 Å². The van der Waals surface area contributed by atoms with Crippen LogP contribution < -0.4 is 0 Å². The highest BCUT2D eigenvalue weighted by molar-refractivity contribution is 5.04. The summed E-state index contributed by atoms with van der Waals surface area (Å²) < 4.78 is 0. The average Bonchev–Trinajstić information content (AvgIpc) is 2.03. The third-order valence-corrected chi connectivity index (χ3v) is 5.04. The van der Waals surface area contributed by atoms with Gasteiger partial charge in [0.05, 0.1) is 0 Å². The van der Waals surface area contributed by atoms with E-state index < -0.39 is 0 Å². The van der Waals surface area contributed by atoms with Gasteiger partial charge in [-0.3, -0.25) is 0 Å². The molecule has 0 aromatic heterocycles. The van der Waals surface area contributed by atoms with Gasteiger partial charge < -0.3 is 0 Å². The van der Waals surface area contributed by atoms with Crippen LogP contribution in [0, 0.1) is 29.1 Å². The predicted octanol–water partition coefficient (Wildman–Crippen LogP) is 3.71. The molecular weight excluding hydrogens is 144 g/mol. The second-order valence-corrected chi connectivity index (χ2v) is 5.62. The first kappa shape index (κ1) is 8.59. The van der Waals surface area contributed by atoms with E-state index in [1.165, 1.54) is 19.3 Å². The van der Waals surface area contributed by atoms with Crippen LogP contribution in [0.5, 0.6) is 0 Å². The van der Waals surface area contributed by atoms with E-state index in [1.54, 1.807) is 0 Å². The van der Waals surface area contributed by atoms with Crippen molar-refractivity contribution in [1.29, 1.82) is 0 Å². The van der Waals surface area contributed by atoms with Gasteiger partial charge in [0.15, 0.2) is 0 Å². The fraction of sp³-hybridized carbons (Fsp3) is 1.00. The van der Waals surface area contributed by atoms with Crippen LogP contribution in [0.25, 0.3) is 0 Å². The van der Waals surface area contributed by atoms with Crippen LogP contribution in [0.3, 0.4) is 0 Å². The zero-order valence-corrected chi connectivity index (χ0v) is 8.93. The molecule has 0 nitrogen and oxygen atoms in total. The number of hydrogen-bond donors (Lipinski definition) is 0. The Labute approximate surface area is 76.7 Å². The minimum absolute atomic E-state index is 0.686. The standard InChI is InChI=1S/C12H22/c1-5-9-6-10-7-11(8(9)2)12(10,3)4/h8-11H,5-7H2,1-4H3/t8-,9-,10+,11-/m0/s1. The van der Waals surface area contributed by atoms with Crippen molar-refractivity contribution >= 4 is 0 Å². The normalized spacial score (nSPS) is 50.0. The maximum absolute atomic E-state index is 2.48. The zero-order chi connectivity index (χ0) is 8.93. The molecule has 0 unspecified atom stereocenters. The highest BCUT2D eigenvalue weighted by Crippen LogP contribution is 2.63. The van der Waals surface area contributed by atoms with Crippen LogP contribution in [0.2, 0.25) is 0 Å². The molecule has 3 rings (SSSR count). The third-order valence-electron chi connectivity index (χ3n) is 5.04. The van der Waals surface area contributed by atoms with E-state index >= 15 is 0 Å². The van der Waals surface area contributed by atoms with E-state index in [-0.39, 0.29) is 0 Å². The van der Waals surface area contributed by atoms with Crippen LogP contribution in [-0.4, -0.2) is 0 Å². The van der Waals surface area contributed by atoms with Gasteiger partial charge in [-0.15, -0.1) is 0 Å². The van der Waals surface area contributed by atoms with Gasteiger partial charge in [-0.25, -0.2) is 0 Å². The predicted molar refractivity (Wildman–Crippen MR) is 52.9 cm³/mol. The highest BCUT2D eigenvalue weighted by atomic mass is 14.6. The van der Waals surface area contributed by atoms with Crippen LogP contribution in [0.15, 0.2) is 0 Å². The minimum Gasteiger partial charge on any atom is -0.0651 e. The van der Waals surface area contributed by atoms with Crippen LogP contribution in [-0.2, 0) is 0 Å². The van der Waals surface area contributed by atoms with Crippen molar-refractivity contribution in [2.75, 3.05) is 0 Å². The lowest BCUT2D eigenvalue weighted by Crippen LogP contribution is -2.54. The zero-order valence-electron chi connectivity index (χ0n) is 8.93. The second-order valence-electron chi connectivity index (χ2n) is 5.62. The van der Waals surface area contributed by atoms with Gasteiger partial charge in [0.2, 0.25) is 0 Å². The smallest absolute Gasteiger partial charge is 0.0295 e. The SMILES string of the molecule is CC[C@H]1C[C@@H]2C[C@@H]([C@H]1C)C2(C)C. The second kappa shape index (κ2) is 2.49. The quantitative estimate of drug-likeness (QED) is 0.557. The van der Waals surface area contributed by atoms with Gasteiger partial charge >= 0.3 is 0 Å². The van der Waals surface area contributed by atoms with E-state index in [2.05, 4.69) is 27.7 Å². The third kappa shape index (κ3) is 0.900. The summed E-state index contributed by atoms with van der Waals surface area (Å²) in [7, 11) is 0. The molecule has 0 aromatic carbocycles. The summed E-state index contributed by atoms with van der Waals surface area (Å²) in [5, 5.41) is 0. The van der Waals surface area contributed by atoms with Crippen molar-refractivity contribution in [3.05, 3.63) is 0 Å². The summed E-state index contributed by atoms with van der Waals surface area (Å²) in [6.45, 7) is 9.80. The minimum atomic E-state index is 0.686. The molecule has 0 N–H and O–H groups in total. The summed E-state index contributed by atoms with van der Waals surface area (Å²) in [5.41, 5.74) is 0.686. The molecule has 0 amide bonds. The Balaban J connectivity index is 2.11. The van der Waals surface area contributed by atoms with Crippen LogP contribution in [0.4, 0.5) is 0 Å². The molecule has 0 spiro atoms. The lowest BCUT2D eigenvalue weighted by Gasteiger charge is -2.62. The first-order valence-corrected chi connectivity index (χ1v) is 5.57. The van der Waals surface area contributed by atoms with E-state index in [9.17, 15) is 0 Å². The van der Waals surface area contributed by atoms with Crippen molar-refractivity contribution in [3.8, 4) is 0 Å². The molecular formula is C12H22. The molecule has 0 heteroatoms. The fourth-order valence-electron chi connectivity index (χ4n) is 3.80. The van der Waals surface area contributed by atoms with Gasteiger partial charge in [0.1, 0.15) is 0 Å². The summed E-state index contributed by atoms with van der Waals surface area (Å²) in [5.74, 6) is 4.14. The molecule has 3 saturated carbocycles. The van der Waals surface area contributed by atoms with Crippen molar-refractivity contribution in [2.24, 2.45) is 29.1 Å². The number of fused-ring (bicyclic) bond motifs is 2. The fourth-order valence-corrected chi connectivity index (χ4v) is 3.80. The monoisotopic (exact) mass is 166 g/mol. The van der Waals surface area contributed by atoms with Gasteiger partial charge in [0, 0.05) is 0 Å². The topological polar surface area (TPSA) is 0 Å². The molecule has 0 aromatic rings. The average molecular weight is 166 g/mol. The number of rotatable bonds is 1. The number of hydrogen-bond acceptors (Lipinski definition) is 0. The maximum atomic E-state index is 2.48. The molecule has 12 heavy (non-hydrogen) atoms. The largest absolute Gasteiger partial charge is 0.0651 e. The van der Waals surface area contributed by atoms with E-state index in [4.69, 9.17) is 0 Å². The Kier molecular flexibility index (Phi) is 1.79. The van der Waals surface area contributed by atoms with Crippen molar-refractivity contribution < 1.29 is 0 Å². The molecule has 3 fully saturated rings. The summed E-state index contributed by atoms with van der Waals surface area (Å²) in [6.07, 6.45) is 4.45. The summed E-state index contributed by atoms with van der Waals surface area (Å²) in [6, 6.07) is 0. The van der Waals surface area contributed by atoms with E-state index in [0.717, 1.165) is 23.7 Å². The highest BCUT2D eigenvalue weighted by Gasteiger charge is 2.55. The van der Waals surface area contributed by atoms with Crippen molar-refractivity contribution in [3.63, 3.8) is 0 Å². The molecule has 2 bridgehead atoms. The lowest BCUT2D eigenvalue weighted by atomic mass is 9.43. The molecule has 3 aliphatic carbocycles. The Morgan fingerprint density at radius 2 is 1.92 bits per heavy atom. The molecule has 0 heterocycles. The Morgan fingerprint density at radius 1 is 1.25 bits per heavy atom.